The molecule has 0 unspecified atom stereocenters. The van der Waals surface area contributed by atoms with Gasteiger partial charge in [-0.25, -0.2) is 0 Å². The van der Waals surface area contributed by atoms with E-state index in [1.807, 2.05) is 0 Å². The number of carbonyl (C=O) groups is 1. The fourth-order valence-electron chi connectivity index (χ4n) is 2.30. The first kappa shape index (κ1) is 21.1. The quantitative estimate of drug-likeness (QED) is 0.279. The van der Waals surface area contributed by atoms with E-state index in [4.69, 9.17) is 28.6 Å². The van der Waals surface area contributed by atoms with Crippen molar-refractivity contribution in [1.82, 2.24) is 5.32 Å². The number of thiocarbonyl (C=S) groups is 1. The molecule has 0 aromatic heterocycles. The molecule has 1 aliphatic rings. The van der Waals surface area contributed by atoms with Crippen LogP contribution >= 0.6 is 35.6 Å². The third-order valence-corrected chi connectivity index (χ3v) is 5.06. The lowest BCUT2D eigenvalue weighted by atomic mass is 10.1. The topological polar surface area (TPSA) is 81.5 Å². The van der Waals surface area contributed by atoms with Crippen LogP contribution in [0, 0.1) is 10.1 Å². The van der Waals surface area contributed by atoms with Gasteiger partial charge < -0.3 is 10.1 Å². The highest BCUT2D eigenvalue weighted by Crippen LogP contribution is 2.39. The number of hydrogen-bond acceptors (Lipinski definition) is 6. The van der Waals surface area contributed by atoms with Gasteiger partial charge in [0.2, 0.25) is 5.75 Å². The molecule has 12 heteroatoms. The molecular formula is C17H8ClF3N2O4S2. The molecule has 0 bridgehead atoms. The van der Waals surface area contributed by atoms with Crippen molar-refractivity contribution in [3.8, 4) is 11.5 Å². The van der Waals surface area contributed by atoms with Crippen LogP contribution in [0.3, 0.4) is 0 Å². The normalized spacial score (nSPS) is 15.5. The molecule has 1 heterocycles. The van der Waals surface area contributed by atoms with Crippen molar-refractivity contribution in [2.24, 2.45) is 0 Å². The fraction of sp³-hybridized carbons (Fsp3) is 0.0588. The van der Waals surface area contributed by atoms with Crippen molar-refractivity contribution in [2.45, 2.75) is 6.18 Å². The number of amides is 1. The molecule has 0 atom stereocenters. The van der Waals surface area contributed by atoms with Crippen LogP contribution in [0.25, 0.3) is 6.08 Å². The summed E-state index contributed by atoms with van der Waals surface area (Å²) in [6, 6.07) is 6.27. The minimum absolute atomic E-state index is 0.00396. The molecule has 0 radical (unpaired) electrons. The van der Waals surface area contributed by atoms with Crippen LogP contribution < -0.4 is 10.1 Å². The Bertz CT molecular complexity index is 1070. The molecule has 0 saturated carbocycles. The Morgan fingerprint density at radius 3 is 2.45 bits per heavy atom. The number of nitro groups is 1. The van der Waals surface area contributed by atoms with Crippen molar-refractivity contribution in [1.29, 1.82) is 0 Å². The lowest BCUT2D eigenvalue weighted by Gasteiger charge is -2.11. The monoisotopic (exact) mass is 460 g/mol. The van der Waals surface area contributed by atoms with E-state index in [-0.39, 0.29) is 16.7 Å². The van der Waals surface area contributed by atoms with E-state index in [1.54, 1.807) is 0 Å². The maximum Gasteiger partial charge on any atom is 0.416 e. The van der Waals surface area contributed by atoms with Crippen LogP contribution in [0.2, 0.25) is 5.02 Å². The summed E-state index contributed by atoms with van der Waals surface area (Å²) in [5.41, 5.74) is -1.49. The number of rotatable bonds is 4. The van der Waals surface area contributed by atoms with Crippen LogP contribution in [-0.2, 0) is 11.0 Å². The third-order valence-electron chi connectivity index (χ3n) is 3.60. The molecule has 2 aromatic carbocycles. The van der Waals surface area contributed by atoms with Gasteiger partial charge in [-0.1, -0.05) is 41.6 Å². The second kappa shape index (κ2) is 8.01. The molecule has 0 spiro atoms. The molecule has 1 N–H and O–H groups in total. The number of thioether (sulfide) groups is 1. The summed E-state index contributed by atoms with van der Waals surface area (Å²) in [6.45, 7) is 0. The average molecular weight is 461 g/mol. The largest absolute Gasteiger partial charge is 0.449 e. The minimum Gasteiger partial charge on any atom is -0.449 e. The summed E-state index contributed by atoms with van der Waals surface area (Å²) in [5.74, 6) is -0.750. The molecule has 1 aliphatic heterocycles. The number of nitro benzene ring substituents is 1. The Morgan fingerprint density at radius 1 is 1.21 bits per heavy atom. The van der Waals surface area contributed by atoms with Crippen molar-refractivity contribution < 1.29 is 27.6 Å². The van der Waals surface area contributed by atoms with E-state index in [0.717, 1.165) is 17.8 Å². The Kier molecular flexibility index (Phi) is 5.82. The number of ether oxygens (including phenoxy) is 1. The summed E-state index contributed by atoms with van der Waals surface area (Å²) in [6.07, 6.45) is -3.20. The number of carbonyl (C=O) groups excluding carboxylic acids is 1. The standard InChI is InChI=1S/C17H8ClF3N2O4S2/c18-10-5-8(6-14-15(24)22-16(28)29-14)1-3-12(10)27-13-4-2-9(17(19,20)21)7-11(13)23(25)26/h1-7H,(H,22,24,28)/b14-6-. The van der Waals surface area contributed by atoms with E-state index < -0.39 is 28.1 Å². The number of hydrogen-bond donors (Lipinski definition) is 1. The summed E-state index contributed by atoms with van der Waals surface area (Å²) in [4.78, 5) is 22.2. The van der Waals surface area contributed by atoms with Gasteiger partial charge in [0.15, 0.2) is 0 Å². The zero-order valence-electron chi connectivity index (χ0n) is 14.0. The van der Waals surface area contributed by atoms with Gasteiger partial charge in [0, 0.05) is 6.07 Å². The second-order valence-electron chi connectivity index (χ2n) is 5.58. The van der Waals surface area contributed by atoms with Crippen molar-refractivity contribution in [2.75, 3.05) is 0 Å². The summed E-state index contributed by atoms with van der Waals surface area (Å²) in [7, 11) is 0. The highest BCUT2D eigenvalue weighted by Gasteiger charge is 2.33. The molecule has 0 aliphatic carbocycles. The number of alkyl halides is 3. The van der Waals surface area contributed by atoms with Gasteiger partial charge in [-0.05, 0) is 35.9 Å². The molecular weight excluding hydrogens is 453 g/mol. The molecule has 1 saturated heterocycles. The molecule has 2 aromatic rings. The SMILES string of the molecule is O=C1NC(=S)S/C1=C\c1ccc(Oc2ccc(C(F)(F)F)cc2[N+](=O)[O-])c(Cl)c1. The highest BCUT2D eigenvalue weighted by atomic mass is 35.5. The van der Waals surface area contributed by atoms with E-state index in [2.05, 4.69) is 5.32 Å². The van der Waals surface area contributed by atoms with Crippen LogP contribution in [0.1, 0.15) is 11.1 Å². The first-order chi connectivity index (χ1) is 13.5. The molecule has 6 nitrogen and oxygen atoms in total. The highest BCUT2D eigenvalue weighted by molar-refractivity contribution is 8.26. The average Bonchev–Trinajstić information content (AvgIpc) is 2.93. The summed E-state index contributed by atoms with van der Waals surface area (Å²) >= 11 is 12.1. The Labute approximate surface area is 175 Å². The van der Waals surface area contributed by atoms with Crippen LogP contribution in [0.4, 0.5) is 18.9 Å². The minimum atomic E-state index is -4.73. The fourth-order valence-corrected chi connectivity index (χ4v) is 3.58. The van der Waals surface area contributed by atoms with E-state index in [1.165, 1.54) is 24.3 Å². The first-order valence-corrected chi connectivity index (χ1v) is 9.23. The van der Waals surface area contributed by atoms with Crippen LogP contribution in [-0.4, -0.2) is 15.2 Å². The number of nitrogens with one attached hydrogen (secondary N) is 1. The van der Waals surface area contributed by atoms with Gasteiger partial charge in [0.25, 0.3) is 5.91 Å². The van der Waals surface area contributed by atoms with Crippen LogP contribution in [0.15, 0.2) is 41.3 Å². The van der Waals surface area contributed by atoms with Crippen LogP contribution in [0.5, 0.6) is 11.5 Å². The maximum atomic E-state index is 12.8. The van der Waals surface area contributed by atoms with Crippen molar-refractivity contribution in [3.05, 3.63) is 67.6 Å². The van der Waals surface area contributed by atoms with E-state index in [9.17, 15) is 28.1 Å². The van der Waals surface area contributed by atoms with Gasteiger partial charge in [0.05, 0.1) is 20.4 Å². The maximum absolute atomic E-state index is 12.8. The van der Waals surface area contributed by atoms with Gasteiger partial charge in [-0.2, -0.15) is 13.2 Å². The third kappa shape index (κ3) is 4.86. The van der Waals surface area contributed by atoms with E-state index >= 15 is 0 Å². The molecule has 1 fully saturated rings. The summed E-state index contributed by atoms with van der Waals surface area (Å²) in [5, 5.41) is 13.7. The Balaban J connectivity index is 1.89. The smallest absolute Gasteiger partial charge is 0.416 e. The number of nitrogens with zero attached hydrogens (tertiary/aromatic N) is 1. The van der Waals surface area contributed by atoms with E-state index in [0.29, 0.717) is 26.9 Å². The number of benzene rings is 2. The molecule has 1 amide bonds. The predicted octanol–water partition coefficient (Wildman–Crippen LogP) is 5.55. The van der Waals surface area contributed by atoms with Gasteiger partial charge in [-0.3, -0.25) is 14.9 Å². The molecule has 29 heavy (non-hydrogen) atoms. The lowest BCUT2D eigenvalue weighted by molar-refractivity contribution is -0.385. The van der Waals surface area contributed by atoms with Crippen molar-refractivity contribution in [3.63, 3.8) is 0 Å². The zero-order valence-corrected chi connectivity index (χ0v) is 16.3. The van der Waals surface area contributed by atoms with Gasteiger partial charge in [0.1, 0.15) is 10.1 Å². The molecule has 150 valence electrons. The number of halogens is 4. The lowest BCUT2D eigenvalue weighted by Crippen LogP contribution is -2.17. The van der Waals surface area contributed by atoms with Gasteiger partial charge in [-0.15, -0.1) is 0 Å². The van der Waals surface area contributed by atoms with Crippen molar-refractivity contribution >= 4 is 57.6 Å². The zero-order chi connectivity index (χ0) is 21.3. The Hall–Kier alpha value is -2.63. The van der Waals surface area contributed by atoms with Gasteiger partial charge >= 0.3 is 11.9 Å². The second-order valence-corrected chi connectivity index (χ2v) is 7.71. The first-order valence-electron chi connectivity index (χ1n) is 7.62. The summed E-state index contributed by atoms with van der Waals surface area (Å²) < 4.78 is 44.1. The molecule has 3 rings (SSSR count). The Morgan fingerprint density at radius 2 is 1.90 bits per heavy atom. The predicted molar refractivity (Wildman–Crippen MR) is 106 cm³/mol.